The van der Waals surface area contributed by atoms with Crippen LogP contribution in [0, 0.1) is 13.8 Å². The molecule has 0 aromatic heterocycles. The summed E-state index contributed by atoms with van der Waals surface area (Å²) in [7, 11) is 0. The number of nitrogens with one attached hydrogen (secondary N) is 1. The van der Waals surface area contributed by atoms with Crippen molar-refractivity contribution in [2.24, 2.45) is 0 Å². The summed E-state index contributed by atoms with van der Waals surface area (Å²) in [6.45, 7) is 4.44. The van der Waals surface area contributed by atoms with Gasteiger partial charge in [0.25, 0.3) is 5.91 Å². The monoisotopic (exact) mass is 308 g/mol. The molecule has 1 N–H and O–H groups in total. The highest BCUT2D eigenvalue weighted by molar-refractivity contribution is 5.99. The number of amides is 2. The highest BCUT2D eigenvalue weighted by Gasteiger charge is 2.31. The minimum atomic E-state index is -0.157. The molecule has 0 radical (unpaired) electrons. The van der Waals surface area contributed by atoms with Crippen molar-refractivity contribution in [3.8, 4) is 0 Å². The summed E-state index contributed by atoms with van der Waals surface area (Å²) < 4.78 is 0. The summed E-state index contributed by atoms with van der Waals surface area (Å²) in [5, 5.41) is 2.98. The highest BCUT2D eigenvalue weighted by Crippen LogP contribution is 2.22. The Balaban J connectivity index is 1.69. The van der Waals surface area contributed by atoms with E-state index in [1.807, 2.05) is 56.3 Å². The van der Waals surface area contributed by atoms with E-state index in [1.165, 1.54) is 0 Å². The molecule has 0 spiro atoms. The molecule has 1 heterocycles. The number of anilines is 1. The Labute approximate surface area is 136 Å². The topological polar surface area (TPSA) is 49.4 Å². The van der Waals surface area contributed by atoms with Gasteiger partial charge in [0.2, 0.25) is 5.91 Å². The molecule has 1 atom stereocenters. The molecule has 0 bridgehead atoms. The molecule has 1 unspecified atom stereocenters. The van der Waals surface area contributed by atoms with Crippen LogP contribution in [-0.4, -0.2) is 24.4 Å². The Morgan fingerprint density at radius 1 is 1.09 bits per heavy atom. The van der Waals surface area contributed by atoms with Gasteiger partial charge in [-0.3, -0.25) is 9.59 Å². The summed E-state index contributed by atoms with van der Waals surface area (Å²) in [6, 6.07) is 15.2. The second-order valence-corrected chi connectivity index (χ2v) is 6.03. The fourth-order valence-corrected chi connectivity index (χ4v) is 2.87. The number of carbonyl (C=O) groups is 2. The molecule has 23 heavy (non-hydrogen) atoms. The molecule has 3 rings (SSSR count). The van der Waals surface area contributed by atoms with E-state index < -0.39 is 0 Å². The summed E-state index contributed by atoms with van der Waals surface area (Å²) in [4.78, 5) is 26.3. The minimum absolute atomic E-state index is 0.0453. The summed E-state index contributed by atoms with van der Waals surface area (Å²) in [5.74, 6) is -0.0735. The van der Waals surface area contributed by atoms with Gasteiger partial charge >= 0.3 is 0 Å². The van der Waals surface area contributed by atoms with Gasteiger partial charge in [-0.05, 0) is 37.6 Å². The average molecular weight is 308 g/mol. The second-order valence-electron chi connectivity index (χ2n) is 6.03. The van der Waals surface area contributed by atoms with E-state index >= 15 is 0 Å². The van der Waals surface area contributed by atoms with E-state index in [-0.39, 0.29) is 17.9 Å². The first-order valence-electron chi connectivity index (χ1n) is 7.78. The van der Waals surface area contributed by atoms with Gasteiger partial charge in [-0.1, -0.05) is 35.9 Å². The van der Waals surface area contributed by atoms with Crippen LogP contribution < -0.4 is 10.2 Å². The molecule has 1 fully saturated rings. The molecule has 2 amide bonds. The zero-order valence-electron chi connectivity index (χ0n) is 13.4. The first-order chi connectivity index (χ1) is 11.0. The van der Waals surface area contributed by atoms with Crippen LogP contribution in [0.4, 0.5) is 5.69 Å². The van der Waals surface area contributed by atoms with Crippen LogP contribution in [0.2, 0.25) is 0 Å². The molecule has 2 aromatic carbocycles. The maximum absolute atomic E-state index is 12.4. The first kappa shape index (κ1) is 15.3. The van der Waals surface area contributed by atoms with Crippen molar-refractivity contribution in [3.05, 3.63) is 65.2 Å². The van der Waals surface area contributed by atoms with Gasteiger partial charge in [0, 0.05) is 24.2 Å². The van der Waals surface area contributed by atoms with Gasteiger partial charge in [-0.25, -0.2) is 0 Å². The minimum Gasteiger partial charge on any atom is -0.347 e. The first-order valence-corrected chi connectivity index (χ1v) is 7.78. The van der Waals surface area contributed by atoms with Gasteiger partial charge in [0.05, 0.1) is 6.04 Å². The number of hydrogen-bond acceptors (Lipinski definition) is 2. The van der Waals surface area contributed by atoms with Crippen molar-refractivity contribution in [3.63, 3.8) is 0 Å². The predicted octanol–water partition coefficient (Wildman–Crippen LogP) is 2.84. The predicted molar refractivity (Wildman–Crippen MR) is 90.6 cm³/mol. The van der Waals surface area contributed by atoms with Gasteiger partial charge < -0.3 is 10.2 Å². The van der Waals surface area contributed by atoms with Crippen molar-refractivity contribution in [1.82, 2.24) is 5.32 Å². The Kier molecular flexibility index (Phi) is 4.15. The van der Waals surface area contributed by atoms with E-state index in [4.69, 9.17) is 0 Å². The van der Waals surface area contributed by atoms with Crippen molar-refractivity contribution in [2.75, 3.05) is 11.4 Å². The third kappa shape index (κ3) is 3.26. The van der Waals surface area contributed by atoms with E-state index in [0.717, 1.165) is 16.8 Å². The fraction of sp³-hybridized carbons (Fsp3) is 0.263. The Bertz CT molecular complexity index is 737. The largest absolute Gasteiger partial charge is 0.347 e. The number of nitrogens with zero attached hydrogens (tertiary/aromatic N) is 1. The zero-order chi connectivity index (χ0) is 16.4. The lowest BCUT2D eigenvalue weighted by Crippen LogP contribution is -2.37. The van der Waals surface area contributed by atoms with Gasteiger partial charge in [-0.15, -0.1) is 0 Å². The van der Waals surface area contributed by atoms with Crippen molar-refractivity contribution in [2.45, 2.75) is 26.3 Å². The second kappa shape index (κ2) is 6.24. The van der Waals surface area contributed by atoms with E-state index in [2.05, 4.69) is 5.32 Å². The fourth-order valence-electron chi connectivity index (χ4n) is 2.87. The molecular weight excluding hydrogens is 288 g/mol. The lowest BCUT2D eigenvalue weighted by molar-refractivity contribution is -0.117. The molecule has 1 saturated heterocycles. The number of carbonyl (C=O) groups excluding carboxylic acids is 2. The van der Waals surface area contributed by atoms with Gasteiger partial charge in [0.1, 0.15) is 0 Å². The molecule has 4 heteroatoms. The standard InChI is InChI=1S/C19H20N2O2/c1-13-7-9-16(10-8-13)21-12-15(11-18(21)22)20-19(23)17-6-4-3-5-14(17)2/h3-10,15H,11-12H2,1-2H3,(H,20,23). The molecule has 0 aliphatic carbocycles. The zero-order valence-corrected chi connectivity index (χ0v) is 13.4. The smallest absolute Gasteiger partial charge is 0.251 e. The van der Waals surface area contributed by atoms with Crippen molar-refractivity contribution in [1.29, 1.82) is 0 Å². The molecule has 1 aliphatic heterocycles. The van der Waals surface area contributed by atoms with Crippen LogP contribution in [0.25, 0.3) is 0 Å². The molecule has 1 aliphatic rings. The quantitative estimate of drug-likeness (QED) is 0.948. The molecule has 118 valence electrons. The van der Waals surface area contributed by atoms with Gasteiger partial charge in [0.15, 0.2) is 0 Å². The average Bonchev–Trinajstić information content (AvgIpc) is 2.89. The Hall–Kier alpha value is -2.62. The third-order valence-electron chi connectivity index (χ3n) is 4.20. The third-order valence-corrected chi connectivity index (χ3v) is 4.20. The summed E-state index contributed by atoms with van der Waals surface area (Å²) in [6.07, 6.45) is 0.339. The van der Waals surface area contributed by atoms with Crippen LogP contribution in [0.1, 0.15) is 27.9 Å². The van der Waals surface area contributed by atoms with Crippen molar-refractivity contribution >= 4 is 17.5 Å². The Morgan fingerprint density at radius 2 is 1.78 bits per heavy atom. The summed E-state index contributed by atoms with van der Waals surface area (Å²) >= 11 is 0. The maximum Gasteiger partial charge on any atom is 0.251 e. The molecule has 2 aromatic rings. The lowest BCUT2D eigenvalue weighted by atomic mass is 10.1. The molecular formula is C19H20N2O2. The molecule has 0 saturated carbocycles. The number of benzene rings is 2. The number of aryl methyl sites for hydroxylation is 2. The van der Waals surface area contributed by atoms with Crippen molar-refractivity contribution < 1.29 is 9.59 Å². The maximum atomic E-state index is 12.4. The van der Waals surface area contributed by atoms with E-state index in [9.17, 15) is 9.59 Å². The number of rotatable bonds is 3. The van der Waals surface area contributed by atoms with E-state index in [1.54, 1.807) is 11.0 Å². The van der Waals surface area contributed by atoms with Crippen LogP contribution in [-0.2, 0) is 4.79 Å². The van der Waals surface area contributed by atoms with E-state index in [0.29, 0.717) is 18.5 Å². The van der Waals surface area contributed by atoms with Crippen LogP contribution in [0.5, 0.6) is 0 Å². The normalized spacial score (nSPS) is 17.4. The lowest BCUT2D eigenvalue weighted by Gasteiger charge is -2.17. The van der Waals surface area contributed by atoms with Crippen LogP contribution >= 0.6 is 0 Å². The summed E-state index contributed by atoms with van der Waals surface area (Å²) in [5.41, 5.74) is 3.64. The number of hydrogen-bond donors (Lipinski definition) is 1. The van der Waals surface area contributed by atoms with Crippen LogP contribution in [0.15, 0.2) is 48.5 Å². The Morgan fingerprint density at radius 3 is 2.48 bits per heavy atom. The molecule has 4 nitrogen and oxygen atoms in total. The SMILES string of the molecule is Cc1ccc(N2CC(NC(=O)c3ccccc3C)CC2=O)cc1. The van der Waals surface area contributed by atoms with Crippen LogP contribution in [0.3, 0.4) is 0 Å². The van der Waals surface area contributed by atoms with Gasteiger partial charge in [-0.2, -0.15) is 0 Å². The highest BCUT2D eigenvalue weighted by atomic mass is 16.2.